The van der Waals surface area contributed by atoms with E-state index in [2.05, 4.69) is 50.3 Å². The van der Waals surface area contributed by atoms with Gasteiger partial charge < -0.3 is 39.4 Å². The van der Waals surface area contributed by atoms with Crippen molar-refractivity contribution in [3.63, 3.8) is 0 Å². The Morgan fingerprint density at radius 1 is 0.492 bits per heavy atom. The molecule has 366 valence electrons. The fraction of sp³-hybridized carbons (Fsp3) is 0.827. The molecule has 0 amide bonds. The van der Waals surface area contributed by atoms with Crippen molar-refractivity contribution in [3.8, 4) is 0 Å². The Morgan fingerprint density at radius 2 is 0.889 bits per heavy atom. The first-order chi connectivity index (χ1) is 30.7. The van der Waals surface area contributed by atoms with Gasteiger partial charge in [0.25, 0.3) is 0 Å². The zero-order valence-electron chi connectivity index (χ0n) is 39.8. The first kappa shape index (κ1) is 58.4. The van der Waals surface area contributed by atoms with E-state index in [1.54, 1.807) is 0 Å². The van der Waals surface area contributed by atoms with Crippen LogP contribution >= 0.6 is 0 Å². The third-order valence-corrected chi connectivity index (χ3v) is 11.7. The van der Waals surface area contributed by atoms with Gasteiger partial charge in [0.05, 0.1) is 6.61 Å². The molecule has 1 heterocycles. The highest BCUT2D eigenvalue weighted by molar-refractivity contribution is 5.73. The van der Waals surface area contributed by atoms with Crippen molar-refractivity contribution in [2.24, 2.45) is 0 Å². The fourth-order valence-electron chi connectivity index (χ4n) is 7.67. The predicted molar refractivity (Wildman–Crippen MR) is 252 cm³/mol. The molecule has 1 saturated heterocycles. The second-order valence-electron chi connectivity index (χ2n) is 17.7. The summed E-state index contributed by atoms with van der Waals surface area (Å²) in [6.07, 6.45) is 40.5. The van der Waals surface area contributed by atoms with Crippen LogP contribution in [0.1, 0.15) is 226 Å². The Labute approximate surface area is 382 Å². The van der Waals surface area contributed by atoms with E-state index in [0.29, 0.717) is 12.8 Å². The van der Waals surface area contributed by atoms with Gasteiger partial charge >= 0.3 is 17.9 Å². The monoisotopic (exact) mass is 893 g/mol. The zero-order chi connectivity index (χ0) is 46.0. The van der Waals surface area contributed by atoms with Gasteiger partial charge in [-0.15, -0.1) is 0 Å². The van der Waals surface area contributed by atoms with E-state index in [0.717, 1.165) is 64.2 Å². The second-order valence-corrected chi connectivity index (χ2v) is 17.7. The Hall–Kier alpha value is -2.57. The van der Waals surface area contributed by atoms with Gasteiger partial charge in [0.1, 0.15) is 24.9 Å². The van der Waals surface area contributed by atoms with Crippen molar-refractivity contribution in [2.45, 2.75) is 263 Å². The van der Waals surface area contributed by atoms with Gasteiger partial charge in [0.15, 0.2) is 18.5 Å². The number of carbonyl (C=O) groups is 3. The third-order valence-electron chi connectivity index (χ3n) is 11.7. The molecule has 1 aliphatic heterocycles. The molecule has 6 atom stereocenters. The number of ether oxygens (including phenoxy) is 4. The van der Waals surface area contributed by atoms with Crippen molar-refractivity contribution in [2.75, 3.05) is 13.2 Å². The lowest BCUT2D eigenvalue weighted by Crippen LogP contribution is -2.60. The van der Waals surface area contributed by atoms with Crippen LogP contribution in [0.25, 0.3) is 0 Å². The summed E-state index contributed by atoms with van der Waals surface area (Å²) in [4.78, 5) is 37.0. The summed E-state index contributed by atoms with van der Waals surface area (Å²) >= 11 is 0. The number of carboxylic acids is 1. The number of aliphatic hydroxyl groups is 3. The van der Waals surface area contributed by atoms with E-state index in [4.69, 9.17) is 18.9 Å². The first-order valence-electron chi connectivity index (χ1n) is 25.5. The van der Waals surface area contributed by atoms with Gasteiger partial charge in [-0.1, -0.05) is 179 Å². The molecule has 0 saturated carbocycles. The SMILES string of the molecule is CCCCCC/C=C\C/C=C\CCCCCCCC(=O)OCC(COC1OC(C(=O)O)C(O)C(O)C1O)OC(=O)CCCCCCCCCCC/C=C\CCCCCCCCCC. The maximum atomic E-state index is 12.8. The standard InChI is InChI=1S/C52H92O11/c1-3-5-7-9-11-13-15-17-19-21-22-23-24-25-27-29-31-33-35-37-39-41-46(54)62-44(43-61-52-49(57)47(55)48(56)50(63-52)51(58)59)42-60-45(53)40-38-36-34-32-30-28-26-20-18-16-14-12-10-8-6-4-2/h14,16,20-22,26,44,47-50,52,55-57H,3-13,15,17-19,23-25,27-43H2,1-2H3,(H,58,59)/b16-14-,22-21-,26-20-. The van der Waals surface area contributed by atoms with E-state index >= 15 is 0 Å². The second kappa shape index (κ2) is 42.1. The summed E-state index contributed by atoms with van der Waals surface area (Å²) in [6.45, 7) is 3.81. The quantitative estimate of drug-likeness (QED) is 0.0261. The van der Waals surface area contributed by atoms with Crippen molar-refractivity contribution in [1.29, 1.82) is 0 Å². The number of esters is 2. The van der Waals surface area contributed by atoms with Crippen molar-refractivity contribution in [1.82, 2.24) is 0 Å². The van der Waals surface area contributed by atoms with Gasteiger partial charge in [-0.2, -0.15) is 0 Å². The van der Waals surface area contributed by atoms with Crippen LogP contribution in [-0.4, -0.2) is 88.4 Å². The maximum absolute atomic E-state index is 12.8. The van der Waals surface area contributed by atoms with Crippen LogP contribution < -0.4 is 0 Å². The molecule has 0 aromatic rings. The highest BCUT2D eigenvalue weighted by Gasteiger charge is 2.47. The molecule has 0 radical (unpaired) electrons. The van der Waals surface area contributed by atoms with Crippen LogP contribution in [-0.2, 0) is 33.3 Å². The third kappa shape index (κ3) is 33.6. The van der Waals surface area contributed by atoms with E-state index in [9.17, 15) is 34.8 Å². The number of carboxylic acid groups (broad SMARTS) is 1. The first-order valence-corrected chi connectivity index (χ1v) is 25.5. The minimum Gasteiger partial charge on any atom is -0.479 e. The Bertz CT molecular complexity index is 1190. The lowest BCUT2D eigenvalue weighted by molar-refractivity contribution is -0.298. The van der Waals surface area contributed by atoms with E-state index in [1.165, 1.54) is 122 Å². The normalized spacial score (nSPS) is 19.7. The molecule has 1 rings (SSSR count). The number of unbranched alkanes of at least 4 members (excludes halogenated alkanes) is 26. The molecule has 0 aromatic heterocycles. The summed E-state index contributed by atoms with van der Waals surface area (Å²) in [7, 11) is 0. The van der Waals surface area contributed by atoms with E-state index < -0.39 is 61.3 Å². The molecular weight excluding hydrogens is 801 g/mol. The molecule has 63 heavy (non-hydrogen) atoms. The lowest BCUT2D eigenvalue weighted by atomic mass is 9.99. The van der Waals surface area contributed by atoms with Crippen LogP contribution in [0.3, 0.4) is 0 Å². The highest BCUT2D eigenvalue weighted by atomic mass is 16.7. The molecular formula is C52H92O11. The summed E-state index contributed by atoms with van der Waals surface area (Å²) in [6, 6.07) is 0. The molecule has 11 nitrogen and oxygen atoms in total. The molecule has 0 aromatic carbocycles. The van der Waals surface area contributed by atoms with Gasteiger partial charge in [0.2, 0.25) is 0 Å². The number of hydrogen-bond donors (Lipinski definition) is 4. The predicted octanol–water partition coefficient (Wildman–Crippen LogP) is 11.9. The molecule has 0 bridgehead atoms. The number of aliphatic carboxylic acids is 1. The largest absolute Gasteiger partial charge is 0.479 e. The van der Waals surface area contributed by atoms with Crippen LogP contribution in [0.2, 0.25) is 0 Å². The topological polar surface area (TPSA) is 169 Å². The Balaban J connectivity index is 2.31. The van der Waals surface area contributed by atoms with Crippen molar-refractivity contribution >= 4 is 17.9 Å². The molecule has 1 aliphatic rings. The molecule has 0 aliphatic carbocycles. The fourth-order valence-corrected chi connectivity index (χ4v) is 7.67. The molecule has 6 unspecified atom stereocenters. The molecule has 4 N–H and O–H groups in total. The summed E-state index contributed by atoms with van der Waals surface area (Å²) in [5.74, 6) is -2.46. The van der Waals surface area contributed by atoms with E-state index in [1.807, 2.05) is 0 Å². The average Bonchev–Trinajstić information content (AvgIpc) is 3.27. The number of aliphatic hydroxyl groups excluding tert-OH is 3. The summed E-state index contributed by atoms with van der Waals surface area (Å²) in [5.41, 5.74) is 0. The van der Waals surface area contributed by atoms with Crippen LogP contribution in [0.15, 0.2) is 36.5 Å². The Morgan fingerprint density at radius 3 is 1.35 bits per heavy atom. The van der Waals surface area contributed by atoms with Gasteiger partial charge in [-0.3, -0.25) is 9.59 Å². The van der Waals surface area contributed by atoms with Gasteiger partial charge in [0, 0.05) is 12.8 Å². The summed E-state index contributed by atoms with van der Waals surface area (Å²) in [5, 5.41) is 39.9. The minimum atomic E-state index is -1.86. The van der Waals surface area contributed by atoms with Gasteiger partial charge in [-0.25, -0.2) is 4.79 Å². The van der Waals surface area contributed by atoms with Crippen molar-refractivity contribution < 1.29 is 53.8 Å². The average molecular weight is 893 g/mol. The Kier molecular flexibility index (Phi) is 39.0. The highest BCUT2D eigenvalue weighted by Crippen LogP contribution is 2.23. The minimum absolute atomic E-state index is 0.178. The smallest absolute Gasteiger partial charge is 0.335 e. The zero-order valence-corrected chi connectivity index (χ0v) is 39.8. The number of hydrogen-bond acceptors (Lipinski definition) is 10. The van der Waals surface area contributed by atoms with Crippen molar-refractivity contribution in [3.05, 3.63) is 36.5 Å². The summed E-state index contributed by atoms with van der Waals surface area (Å²) < 4.78 is 21.8. The van der Waals surface area contributed by atoms with Gasteiger partial charge in [-0.05, 0) is 70.6 Å². The maximum Gasteiger partial charge on any atom is 0.335 e. The number of allylic oxidation sites excluding steroid dienone is 6. The molecule has 0 spiro atoms. The van der Waals surface area contributed by atoms with Crippen LogP contribution in [0, 0.1) is 0 Å². The number of rotatable bonds is 43. The molecule has 11 heteroatoms. The van der Waals surface area contributed by atoms with Crippen LogP contribution in [0.5, 0.6) is 0 Å². The lowest BCUT2D eigenvalue weighted by Gasteiger charge is -2.38. The molecule has 1 fully saturated rings. The van der Waals surface area contributed by atoms with E-state index in [-0.39, 0.29) is 19.4 Å². The number of carbonyl (C=O) groups excluding carboxylic acids is 2. The van der Waals surface area contributed by atoms with Crippen LogP contribution in [0.4, 0.5) is 0 Å².